The molecule has 0 aliphatic carbocycles. The van der Waals surface area contributed by atoms with Crippen LogP contribution in [0.25, 0.3) is 6.08 Å². The van der Waals surface area contributed by atoms with Crippen LogP contribution in [0.4, 0.5) is 0 Å². The van der Waals surface area contributed by atoms with Gasteiger partial charge in [-0.3, -0.25) is 4.79 Å². The number of ketones is 1. The Balaban J connectivity index is 2.24. The van der Waals surface area contributed by atoms with Crippen molar-refractivity contribution in [3.8, 4) is 0 Å². The molecule has 20 heavy (non-hydrogen) atoms. The molecule has 0 atom stereocenters. The summed E-state index contributed by atoms with van der Waals surface area (Å²) in [7, 11) is 0. The number of benzene rings is 1. The lowest BCUT2D eigenvalue weighted by Gasteiger charge is -2.00. The van der Waals surface area contributed by atoms with E-state index in [4.69, 9.17) is 9.47 Å². The highest BCUT2D eigenvalue weighted by molar-refractivity contribution is 6.26. The van der Waals surface area contributed by atoms with E-state index < -0.39 is 11.8 Å². The van der Waals surface area contributed by atoms with Crippen molar-refractivity contribution < 1.29 is 19.1 Å². The molecule has 0 saturated heterocycles. The molecule has 0 fully saturated rings. The third-order valence-electron chi connectivity index (χ3n) is 2.92. The molecule has 1 aliphatic heterocycles. The highest BCUT2D eigenvalue weighted by Crippen LogP contribution is 2.27. The third kappa shape index (κ3) is 2.79. The summed E-state index contributed by atoms with van der Waals surface area (Å²) in [5.74, 6) is -0.634. The Labute approximate surface area is 117 Å². The molecule has 4 nitrogen and oxygen atoms in total. The molecular formula is C16H16O4. The van der Waals surface area contributed by atoms with E-state index in [1.165, 1.54) is 0 Å². The minimum Gasteiger partial charge on any atom is -0.462 e. The molecule has 1 aromatic rings. The van der Waals surface area contributed by atoms with E-state index in [9.17, 15) is 9.59 Å². The van der Waals surface area contributed by atoms with E-state index in [1.807, 2.05) is 31.2 Å². The van der Waals surface area contributed by atoms with Crippen molar-refractivity contribution in [3.05, 3.63) is 52.5 Å². The van der Waals surface area contributed by atoms with E-state index >= 15 is 0 Å². The summed E-state index contributed by atoms with van der Waals surface area (Å²) in [6.45, 7) is 5.48. The van der Waals surface area contributed by atoms with Crippen LogP contribution in [0.2, 0.25) is 0 Å². The summed E-state index contributed by atoms with van der Waals surface area (Å²) >= 11 is 0. The van der Waals surface area contributed by atoms with Crippen LogP contribution in [-0.4, -0.2) is 18.4 Å². The Morgan fingerprint density at radius 2 is 1.90 bits per heavy atom. The average Bonchev–Trinajstić information content (AvgIpc) is 2.67. The van der Waals surface area contributed by atoms with Gasteiger partial charge in [0.05, 0.1) is 6.61 Å². The first-order valence-electron chi connectivity index (χ1n) is 6.42. The molecule has 2 rings (SSSR count). The van der Waals surface area contributed by atoms with E-state index in [0.717, 1.165) is 11.1 Å². The maximum atomic E-state index is 12.2. The van der Waals surface area contributed by atoms with Gasteiger partial charge in [0.25, 0.3) is 0 Å². The predicted molar refractivity (Wildman–Crippen MR) is 74.6 cm³/mol. The Morgan fingerprint density at radius 1 is 1.25 bits per heavy atom. The summed E-state index contributed by atoms with van der Waals surface area (Å²) in [6, 6.07) is 7.66. The fraction of sp³-hybridized carbons (Fsp3) is 0.250. The molecule has 1 aromatic carbocycles. The van der Waals surface area contributed by atoms with Crippen molar-refractivity contribution in [2.45, 2.75) is 20.8 Å². The van der Waals surface area contributed by atoms with Crippen LogP contribution < -0.4 is 0 Å². The first-order chi connectivity index (χ1) is 9.52. The standard InChI is InChI=1S/C16H16O4/c1-4-19-16(18)14-11(3)20-13(15(14)17)9-12-7-5-10(2)6-8-12/h5-9H,4H2,1-3H3/b13-9+. The molecular weight excluding hydrogens is 256 g/mol. The van der Waals surface area contributed by atoms with Gasteiger partial charge >= 0.3 is 5.97 Å². The van der Waals surface area contributed by atoms with Gasteiger partial charge in [0, 0.05) is 0 Å². The molecule has 0 radical (unpaired) electrons. The van der Waals surface area contributed by atoms with E-state index in [-0.39, 0.29) is 23.7 Å². The van der Waals surface area contributed by atoms with Crippen molar-refractivity contribution in [2.24, 2.45) is 0 Å². The van der Waals surface area contributed by atoms with Crippen molar-refractivity contribution in [1.29, 1.82) is 0 Å². The van der Waals surface area contributed by atoms with Crippen LogP contribution in [0, 0.1) is 6.92 Å². The molecule has 1 aliphatic rings. The first kappa shape index (κ1) is 14.1. The zero-order valence-electron chi connectivity index (χ0n) is 11.7. The molecule has 0 saturated carbocycles. The van der Waals surface area contributed by atoms with Crippen LogP contribution in [0.15, 0.2) is 41.4 Å². The number of aryl methyl sites for hydroxylation is 1. The van der Waals surface area contributed by atoms with Crippen LogP contribution >= 0.6 is 0 Å². The Kier molecular flexibility index (Phi) is 4.03. The monoisotopic (exact) mass is 272 g/mol. The highest BCUT2D eigenvalue weighted by atomic mass is 16.5. The van der Waals surface area contributed by atoms with E-state index in [1.54, 1.807) is 19.9 Å². The number of allylic oxidation sites excluding steroid dienone is 2. The Hall–Kier alpha value is -2.36. The Bertz CT molecular complexity index is 606. The summed E-state index contributed by atoms with van der Waals surface area (Å²) < 4.78 is 10.2. The van der Waals surface area contributed by atoms with Crippen LogP contribution in [-0.2, 0) is 19.1 Å². The second-order valence-electron chi connectivity index (χ2n) is 4.50. The lowest BCUT2D eigenvalue weighted by molar-refractivity contribution is -0.139. The smallest absolute Gasteiger partial charge is 0.345 e. The van der Waals surface area contributed by atoms with Crippen LogP contribution in [0.5, 0.6) is 0 Å². The SMILES string of the molecule is CCOC(=O)C1=C(C)O/C(=C/c2ccc(C)cc2)C1=O. The fourth-order valence-corrected chi connectivity index (χ4v) is 1.89. The molecule has 0 bridgehead atoms. The number of carbonyl (C=O) groups is 2. The van der Waals surface area contributed by atoms with Gasteiger partial charge in [-0.25, -0.2) is 4.79 Å². The molecule has 104 valence electrons. The predicted octanol–water partition coefficient (Wildman–Crippen LogP) is 2.77. The maximum absolute atomic E-state index is 12.2. The fourth-order valence-electron chi connectivity index (χ4n) is 1.89. The Morgan fingerprint density at radius 3 is 2.50 bits per heavy atom. The molecule has 0 amide bonds. The minimum atomic E-state index is -0.637. The number of hydrogen-bond donors (Lipinski definition) is 0. The van der Waals surface area contributed by atoms with Gasteiger partial charge in [-0.15, -0.1) is 0 Å². The molecule has 0 aromatic heterocycles. The zero-order chi connectivity index (χ0) is 14.7. The number of ether oxygens (including phenoxy) is 2. The molecule has 0 unspecified atom stereocenters. The number of carbonyl (C=O) groups excluding carboxylic acids is 2. The number of rotatable bonds is 3. The van der Waals surface area contributed by atoms with Gasteiger partial charge in [0.15, 0.2) is 5.76 Å². The van der Waals surface area contributed by atoms with Crippen LogP contribution in [0.3, 0.4) is 0 Å². The lowest BCUT2D eigenvalue weighted by Crippen LogP contribution is -2.14. The first-order valence-corrected chi connectivity index (χ1v) is 6.42. The molecule has 4 heteroatoms. The highest BCUT2D eigenvalue weighted by Gasteiger charge is 2.34. The van der Waals surface area contributed by atoms with Crippen LogP contribution in [0.1, 0.15) is 25.0 Å². The quantitative estimate of drug-likeness (QED) is 0.482. The van der Waals surface area contributed by atoms with Gasteiger partial charge < -0.3 is 9.47 Å². The van der Waals surface area contributed by atoms with Gasteiger partial charge in [0.2, 0.25) is 5.78 Å². The topological polar surface area (TPSA) is 52.6 Å². The molecule has 0 N–H and O–H groups in total. The van der Waals surface area contributed by atoms with Crippen molar-refractivity contribution in [2.75, 3.05) is 6.61 Å². The van der Waals surface area contributed by atoms with Gasteiger partial charge in [0.1, 0.15) is 11.3 Å². The van der Waals surface area contributed by atoms with Gasteiger partial charge in [-0.1, -0.05) is 29.8 Å². The number of hydrogen-bond acceptors (Lipinski definition) is 4. The van der Waals surface area contributed by atoms with Gasteiger partial charge in [-0.2, -0.15) is 0 Å². The summed E-state index contributed by atoms with van der Waals surface area (Å²) in [5.41, 5.74) is 1.95. The second-order valence-corrected chi connectivity index (χ2v) is 4.50. The summed E-state index contributed by atoms with van der Waals surface area (Å²) in [4.78, 5) is 23.9. The van der Waals surface area contributed by atoms with E-state index in [2.05, 4.69) is 0 Å². The summed E-state index contributed by atoms with van der Waals surface area (Å²) in [5, 5.41) is 0. The lowest BCUT2D eigenvalue weighted by atomic mass is 10.1. The normalized spacial score (nSPS) is 16.6. The van der Waals surface area contributed by atoms with Crippen molar-refractivity contribution in [1.82, 2.24) is 0 Å². The second kappa shape index (κ2) is 5.74. The molecule has 1 heterocycles. The van der Waals surface area contributed by atoms with Crippen molar-refractivity contribution >= 4 is 17.8 Å². The average molecular weight is 272 g/mol. The van der Waals surface area contributed by atoms with E-state index in [0.29, 0.717) is 0 Å². The molecule has 0 spiro atoms. The third-order valence-corrected chi connectivity index (χ3v) is 2.92. The minimum absolute atomic E-state index is 0.0230. The summed E-state index contributed by atoms with van der Waals surface area (Å²) in [6.07, 6.45) is 1.62. The number of esters is 1. The number of Topliss-reactive ketones (excluding diaryl/α,β-unsaturated/α-hetero) is 1. The zero-order valence-corrected chi connectivity index (χ0v) is 11.7. The maximum Gasteiger partial charge on any atom is 0.345 e. The van der Waals surface area contributed by atoms with Gasteiger partial charge in [-0.05, 0) is 32.4 Å². The largest absolute Gasteiger partial charge is 0.462 e. The van der Waals surface area contributed by atoms with Crippen molar-refractivity contribution in [3.63, 3.8) is 0 Å².